The molecule has 17 aromatic rings. The molecule has 0 fully saturated rings. The van der Waals surface area contributed by atoms with Gasteiger partial charge in [-0.15, -0.1) is 34.1 Å². The maximum absolute atomic E-state index is 4.35. The largest absolute Gasteiger partial charge is 6.00 e. The number of anilines is 20. The van der Waals surface area contributed by atoms with E-state index in [1.54, 1.807) is 35.9 Å². The Bertz CT molecular complexity index is 6230. The van der Waals surface area contributed by atoms with Gasteiger partial charge in [-0.25, -0.2) is 0 Å². The molecule has 698 valence electrons. The number of benzene rings is 15. The van der Waals surface area contributed by atoms with Gasteiger partial charge in [0, 0.05) is 149 Å². The summed E-state index contributed by atoms with van der Waals surface area (Å²) in [5, 5.41) is 6.47. The topological polar surface area (TPSA) is 77.6 Å². The van der Waals surface area contributed by atoms with E-state index in [4.69, 9.17) is 0 Å². The molecule has 10 aliphatic rings. The van der Waals surface area contributed by atoms with Crippen LogP contribution in [0.5, 0.6) is 0 Å². The summed E-state index contributed by atoms with van der Waals surface area (Å²) in [5.41, 5.74) is 24.8. The van der Waals surface area contributed by atoms with Crippen LogP contribution in [0.25, 0.3) is 21.8 Å². The SMILES string of the molecule is C1=CN(CCN2C=CS[CH-]2)[CH-]S1.[Os+4].[Os+6].[Os+6].[c-]1ccccc1N1[CH-]N(CN2[CH-]N(c3[c-]cccc3)c3ccccc32)c2ccccc21.[c-]1ccccc1N1[CH-]N(CN2[CH-]N(c3[c-]cccc3)c3ccccc32)c2ccccc21.[c-]1ccccc1N1[CH-]N(CN2[CH-]N(c3[c-]cccc3)c3ccccc32)c2ccccc21.c1ccc2c(c1)S[CH-]N2CCN1[CH-]Sc2ccccc21.c1cnc2c(c1)ccc1cccnc12. The fourth-order valence-electron chi connectivity index (χ4n) is 17.8. The van der Waals surface area contributed by atoms with E-state index in [0.717, 1.165) is 116 Å². The second-order valence-electron chi connectivity index (χ2n) is 33.1. The standard InChI is InChI=1S/3C27H20N4.C16H14N2S2.C12H8N2.C8H10N2S2.3Os/c3*1-3-11-22(12-4-1)30-20-28(24-15-7-9-17-26(24)30)19-29-21-31(23-13-5-2-6-14-23)27-18-10-8-16-25(27)29;1-3-7-15-13(5-1)17(11-19-15)9-10-18-12-20-16-8-4-2-6-14(16)18;1-3-9-5-6-10-4-2-8-14-12(10)11(9)13-7-1;1(9-3-5-11-7-9)2-10-4-6-12-8-10;;;/h3*1-11,13,15-18,20-21H,19H2;1-8,11-12H,9-10H2;1-8H;3-8H,1-2H2;;;/q3*-4;-2;;-2;+4;2*+6. The van der Waals surface area contributed by atoms with E-state index < -0.39 is 0 Å². The van der Waals surface area contributed by atoms with Gasteiger partial charge in [0.15, 0.2) is 0 Å². The Morgan fingerprint density at radius 2 is 0.458 bits per heavy atom. The number of rotatable bonds is 18. The molecule has 0 radical (unpaired) electrons. The van der Waals surface area contributed by atoms with Crippen LogP contribution >= 0.6 is 47.0 Å². The molecule has 0 bridgehead atoms. The predicted molar refractivity (Wildman–Crippen MR) is 579 cm³/mol. The molecule has 142 heavy (non-hydrogen) atoms. The summed E-state index contributed by atoms with van der Waals surface area (Å²) in [6.07, 6.45) is 7.82. The minimum atomic E-state index is 0. The first kappa shape index (κ1) is 97.5. The van der Waals surface area contributed by atoms with Gasteiger partial charge >= 0.3 is 59.4 Å². The van der Waals surface area contributed by atoms with Gasteiger partial charge in [0.1, 0.15) is 0 Å². The molecule has 15 aromatic carbocycles. The number of hydrogen-bond donors (Lipinski definition) is 0. The summed E-state index contributed by atoms with van der Waals surface area (Å²) < 4.78 is 0. The fraction of sp³-hybridized carbons (Fsp3) is 0.0598. The third-order valence-corrected chi connectivity index (χ3v) is 27.7. The van der Waals surface area contributed by atoms with Crippen LogP contribution in [0.4, 0.5) is 114 Å². The van der Waals surface area contributed by atoms with Gasteiger partial charge in [0.25, 0.3) is 0 Å². The second kappa shape index (κ2) is 46.6. The molecule has 0 N–H and O–H groups in total. The van der Waals surface area contributed by atoms with Crippen LogP contribution in [0.3, 0.4) is 0 Å². The third-order valence-electron chi connectivity index (χ3n) is 24.4. The Morgan fingerprint density at radius 3 is 0.690 bits per heavy atom. The molecule has 27 rings (SSSR count). The van der Waals surface area contributed by atoms with E-state index in [9.17, 15) is 0 Å². The minimum Gasteiger partial charge on any atom is -0.517 e. The van der Waals surface area contributed by atoms with Gasteiger partial charge < -0.3 is 102 Å². The summed E-state index contributed by atoms with van der Waals surface area (Å²) in [4.78, 5) is 47.3. The normalized spacial score (nSPS) is 14.8. The molecule has 18 nitrogen and oxygen atoms in total. The Labute approximate surface area is 889 Å². The molecule has 0 atom stereocenters. The van der Waals surface area contributed by atoms with Crippen LogP contribution < -0.4 is 68.6 Å². The molecule has 10 aliphatic heterocycles. The van der Waals surface area contributed by atoms with Crippen molar-refractivity contribution >= 4 is 183 Å². The Morgan fingerprint density at radius 1 is 0.225 bits per heavy atom. The summed E-state index contributed by atoms with van der Waals surface area (Å²) in [6, 6.07) is 149. The van der Waals surface area contributed by atoms with Gasteiger partial charge in [-0.05, 0) is 142 Å². The van der Waals surface area contributed by atoms with Gasteiger partial charge in [-0.3, -0.25) is 33.5 Å². The quantitative estimate of drug-likeness (QED) is 0.0603. The molecule has 0 spiro atoms. The summed E-state index contributed by atoms with van der Waals surface area (Å²) >= 11 is 7.09. The molecule has 0 unspecified atom stereocenters. The zero-order valence-corrected chi connectivity index (χ0v) is 87.6. The van der Waals surface area contributed by atoms with Crippen LogP contribution in [0.2, 0.25) is 0 Å². The summed E-state index contributed by atoms with van der Waals surface area (Å²) in [5.74, 6) is 8.71. The first-order valence-corrected chi connectivity index (χ1v) is 49.5. The van der Waals surface area contributed by atoms with Gasteiger partial charge in [-0.1, -0.05) is 121 Å². The number of para-hydroxylation sites is 20. The zero-order chi connectivity index (χ0) is 92.8. The first-order valence-electron chi connectivity index (χ1n) is 45.9. The molecule has 0 saturated heterocycles. The Balaban J connectivity index is 0.000000111. The Hall–Kier alpha value is -13.3. The summed E-state index contributed by atoms with van der Waals surface area (Å²) in [7, 11) is 0. The van der Waals surface area contributed by atoms with Crippen LogP contribution in [0, 0.1) is 99.9 Å². The maximum atomic E-state index is 4.35. The van der Waals surface area contributed by atoms with Crippen molar-refractivity contribution in [2.75, 3.05) is 115 Å². The van der Waals surface area contributed by atoms with Crippen molar-refractivity contribution in [1.29, 1.82) is 0 Å². The second-order valence-corrected chi connectivity index (χ2v) is 36.4. The monoisotopic (exact) mass is 2450 g/mol. The molecule has 0 amide bonds. The smallest absolute Gasteiger partial charge is 0.517 e. The number of thioether (sulfide) groups is 4. The minimum absolute atomic E-state index is 0. The van der Waals surface area contributed by atoms with Crippen molar-refractivity contribution in [2.45, 2.75) is 9.79 Å². The Kier molecular flexibility index (Phi) is 32.0. The van der Waals surface area contributed by atoms with Crippen molar-refractivity contribution in [3.05, 3.63) is 512 Å². The van der Waals surface area contributed by atoms with E-state index >= 15 is 0 Å². The summed E-state index contributed by atoms with van der Waals surface area (Å²) in [6.45, 7) is 19.2. The zero-order valence-electron chi connectivity index (χ0n) is 76.7. The van der Waals surface area contributed by atoms with Gasteiger partial charge in [0.05, 0.1) is 11.0 Å². The molecular formula is C117H92N18Os3S4. The van der Waals surface area contributed by atoms with E-state index in [2.05, 4.69) is 466 Å². The number of pyridine rings is 2. The predicted octanol–water partition coefficient (Wildman–Crippen LogP) is 27.8. The van der Waals surface area contributed by atoms with Gasteiger partial charge in [0.2, 0.25) is 0 Å². The van der Waals surface area contributed by atoms with Crippen molar-refractivity contribution < 1.29 is 59.4 Å². The number of hydrogen-bond acceptors (Lipinski definition) is 22. The van der Waals surface area contributed by atoms with E-state index in [0.29, 0.717) is 20.0 Å². The van der Waals surface area contributed by atoms with Crippen LogP contribution in [0.1, 0.15) is 0 Å². The molecule has 25 heteroatoms. The van der Waals surface area contributed by atoms with Crippen molar-refractivity contribution in [1.82, 2.24) is 19.8 Å². The van der Waals surface area contributed by atoms with Crippen LogP contribution in [-0.4, -0.2) is 66.0 Å². The van der Waals surface area contributed by atoms with Crippen molar-refractivity contribution in [3.63, 3.8) is 0 Å². The molecule has 2 aromatic heterocycles. The molecule has 0 aliphatic carbocycles. The van der Waals surface area contributed by atoms with Gasteiger partial charge in [-0.2, -0.15) is 246 Å². The molecule has 12 heterocycles. The molecular weight excluding hydrogens is 2360 g/mol. The van der Waals surface area contributed by atoms with E-state index in [1.165, 1.54) is 55.3 Å². The third kappa shape index (κ3) is 21.7. The maximum Gasteiger partial charge on any atom is 6.00 e. The van der Waals surface area contributed by atoms with Crippen molar-refractivity contribution in [3.8, 4) is 0 Å². The van der Waals surface area contributed by atoms with Crippen LogP contribution in [-0.2, 0) is 59.4 Å². The number of aromatic nitrogens is 2. The average molecular weight is 2450 g/mol. The fourth-order valence-corrected chi connectivity index (χ4v) is 20.9. The average Bonchev–Trinajstić information content (AvgIpc) is 1.62. The van der Waals surface area contributed by atoms with Crippen molar-refractivity contribution in [2.24, 2.45) is 0 Å². The molecule has 0 saturated carbocycles. The number of nitrogens with zero attached hydrogens (tertiary/aromatic N) is 18. The van der Waals surface area contributed by atoms with Crippen LogP contribution in [0.15, 0.2) is 422 Å². The van der Waals surface area contributed by atoms with E-state index in [1.807, 2.05) is 145 Å². The van der Waals surface area contributed by atoms with E-state index in [-0.39, 0.29) is 59.4 Å². The number of fused-ring (bicyclic) bond motifs is 11. The first-order chi connectivity index (χ1) is 69.0.